The number of rotatable bonds is 5. The minimum Gasteiger partial charge on any atom is -0.481 e. The van der Waals surface area contributed by atoms with Gasteiger partial charge in [0.15, 0.2) is 11.6 Å². The highest BCUT2D eigenvalue weighted by Crippen LogP contribution is 2.27. The smallest absolute Gasteiger partial charge is 0.230 e. The third-order valence-electron chi connectivity index (χ3n) is 3.63. The van der Waals surface area contributed by atoms with Crippen LogP contribution in [0.3, 0.4) is 0 Å². The summed E-state index contributed by atoms with van der Waals surface area (Å²) in [5, 5.41) is 9.87. The van der Waals surface area contributed by atoms with Crippen molar-refractivity contribution in [1.29, 1.82) is 0 Å². The Morgan fingerprint density at radius 3 is 2.88 bits per heavy atom. The Balaban J connectivity index is 1.72. The van der Waals surface area contributed by atoms with E-state index in [1.165, 1.54) is 7.11 Å². The molecule has 0 radical (unpaired) electrons. The van der Waals surface area contributed by atoms with Gasteiger partial charge in [-0.1, -0.05) is 0 Å². The van der Waals surface area contributed by atoms with Gasteiger partial charge >= 0.3 is 0 Å². The molecule has 0 aliphatic rings. The maximum Gasteiger partial charge on any atom is 0.230 e. The lowest BCUT2D eigenvalue weighted by Crippen LogP contribution is -2.15. The second-order valence-electron chi connectivity index (χ2n) is 5.41. The van der Waals surface area contributed by atoms with E-state index in [0.29, 0.717) is 17.5 Å². The molecule has 0 aromatic carbocycles. The van der Waals surface area contributed by atoms with Gasteiger partial charge in [0.05, 0.1) is 13.5 Å². The van der Waals surface area contributed by atoms with E-state index in [2.05, 4.69) is 20.5 Å². The second kappa shape index (κ2) is 6.57. The second-order valence-corrected chi connectivity index (χ2v) is 5.41. The molecule has 3 rings (SSSR count). The molecule has 1 amide bonds. The van der Waals surface area contributed by atoms with E-state index in [1.807, 2.05) is 26.0 Å². The zero-order chi connectivity index (χ0) is 17.1. The third-order valence-corrected chi connectivity index (χ3v) is 3.63. The lowest BCUT2D eigenvalue weighted by Gasteiger charge is -2.05. The van der Waals surface area contributed by atoms with Crippen molar-refractivity contribution in [2.24, 2.45) is 0 Å². The first-order chi connectivity index (χ1) is 11.6. The molecule has 7 heteroatoms. The Morgan fingerprint density at radius 1 is 1.33 bits per heavy atom. The highest BCUT2D eigenvalue weighted by molar-refractivity contribution is 5.92. The fourth-order valence-electron chi connectivity index (χ4n) is 2.36. The normalized spacial score (nSPS) is 10.6. The summed E-state index contributed by atoms with van der Waals surface area (Å²) in [7, 11) is 1.54. The molecule has 3 heterocycles. The number of carbonyl (C=O) groups excluding carboxylic acids is 1. The average Bonchev–Trinajstić information content (AvgIpc) is 3.14. The lowest BCUT2D eigenvalue weighted by molar-refractivity contribution is -0.115. The lowest BCUT2D eigenvalue weighted by atomic mass is 10.2. The van der Waals surface area contributed by atoms with Crippen molar-refractivity contribution < 1.29 is 13.9 Å². The highest BCUT2D eigenvalue weighted by Gasteiger charge is 2.15. The number of methoxy groups -OCH3 is 1. The molecule has 0 aliphatic carbocycles. The van der Waals surface area contributed by atoms with Crippen molar-refractivity contribution in [3.05, 3.63) is 47.3 Å². The van der Waals surface area contributed by atoms with Crippen LogP contribution in [-0.2, 0) is 11.2 Å². The predicted molar refractivity (Wildman–Crippen MR) is 88.9 cm³/mol. The van der Waals surface area contributed by atoms with E-state index in [4.69, 9.17) is 9.15 Å². The molecule has 0 atom stereocenters. The van der Waals surface area contributed by atoms with E-state index >= 15 is 0 Å². The van der Waals surface area contributed by atoms with E-state index in [-0.39, 0.29) is 12.3 Å². The molecule has 124 valence electrons. The monoisotopic (exact) mass is 326 g/mol. The fourth-order valence-corrected chi connectivity index (χ4v) is 2.36. The number of pyridine rings is 1. The number of furan rings is 1. The Hall–Kier alpha value is -3.09. The first-order valence-corrected chi connectivity index (χ1v) is 7.47. The van der Waals surface area contributed by atoms with Crippen molar-refractivity contribution in [2.75, 3.05) is 12.4 Å². The zero-order valence-corrected chi connectivity index (χ0v) is 13.7. The van der Waals surface area contributed by atoms with Crippen LogP contribution in [-0.4, -0.2) is 28.2 Å². The molecular formula is C17H18N4O3. The van der Waals surface area contributed by atoms with Crippen LogP contribution in [0.4, 0.5) is 5.82 Å². The van der Waals surface area contributed by atoms with Crippen molar-refractivity contribution in [3.8, 4) is 17.3 Å². The number of hydrogen-bond acceptors (Lipinski definition) is 5. The minimum atomic E-state index is -0.167. The molecule has 24 heavy (non-hydrogen) atoms. The van der Waals surface area contributed by atoms with Crippen molar-refractivity contribution in [3.63, 3.8) is 0 Å². The summed E-state index contributed by atoms with van der Waals surface area (Å²) in [5.74, 6) is 2.31. The van der Waals surface area contributed by atoms with E-state index in [1.54, 1.807) is 18.3 Å². The number of amides is 1. The SMILES string of the molecule is COc1cc(CC(=O)Nc2n[nH]c(-c3ccc(C)o3)c2C)ccn1. The average molecular weight is 326 g/mol. The largest absolute Gasteiger partial charge is 0.481 e. The molecule has 0 spiro atoms. The Morgan fingerprint density at radius 2 is 2.17 bits per heavy atom. The molecule has 0 saturated carbocycles. The van der Waals surface area contributed by atoms with E-state index < -0.39 is 0 Å². The van der Waals surface area contributed by atoms with Crippen LogP contribution in [0.5, 0.6) is 5.88 Å². The molecule has 3 aromatic heterocycles. The topological polar surface area (TPSA) is 93.0 Å². The van der Waals surface area contributed by atoms with Crippen molar-refractivity contribution in [1.82, 2.24) is 15.2 Å². The molecular weight excluding hydrogens is 308 g/mol. The van der Waals surface area contributed by atoms with Crippen LogP contribution in [0.15, 0.2) is 34.9 Å². The quantitative estimate of drug-likeness (QED) is 0.752. The summed E-state index contributed by atoms with van der Waals surface area (Å²) < 4.78 is 10.6. The van der Waals surface area contributed by atoms with Crippen molar-refractivity contribution in [2.45, 2.75) is 20.3 Å². The summed E-state index contributed by atoms with van der Waals surface area (Å²) in [4.78, 5) is 16.3. The first kappa shape index (κ1) is 15.8. The van der Waals surface area contributed by atoms with E-state index in [9.17, 15) is 4.79 Å². The van der Waals surface area contributed by atoms with Crippen LogP contribution in [0.1, 0.15) is 16.9 Å². The minimum absolute atomic E-state index is 0.167. The Kier molecular flexibility index (Phi) is 4.33. The fraction of sp³-hybridized carbons (Fsp3) is 0.235. The maximum absolute atomic E-state index is 12.2. The third kappa shape index (κ3) is 3.29. The van der Waals surface area contributed by atoms with Crippen LogP contribution >= 0.6 is 0 Å². The van der Waals surface area contributed by atoms with Gasteiger partial charge in [-0.3, -0.25) is 9.89 Å². The van der Waals surface area contributed by atoms with Crippen molar-refractivity contribution >= 4 is 11.7 Å². The van der Waals surface area contributed by atoms with E-state index in [0.717, 1.165) is 22.6 Å². The molecule has 3 aromatic rings. The predicted octanol–water partition coefficient (Wildman–Crippen LogP) is 2.87. The summed E-state index contributed by atoms with van der Waals surface area (Å²) >= 11 is 0. The van der Waals surface area contributed by atoms with Crippen LogP contribution < -0.4 is 10.1 Å². The summed E-state index contributed by atoms with van der Waals surface area (Å²) in [6.45, 7) is 3.75. The maximum atomic E-state index is 12.2. The zero-order valence-electron chi connectivity index (χ0n) is 13.7. The highest BCUT2D eigenvalue weighted by atomic mass is 16.5. The number of carbonyl (C=O) groups is 1. The van der Waals surface area contributed by atoms with Gasteiger partial charge < -0.3 is 14.5 Å². The Labute approximate surface area is 139 Å². The van der Waals surface area contributed by atoms with Gasteiger partial charge in [-0.2, -0.15) is 5.10 Å². The first-order valence-electron chi connectivity index (χ1n) is 7.47. The number of aryl methyl sites for hydroxylation is 1. The number of H-pyrrole nitrogens is 1. The van der Waals surface area contributed by atoms with Gasteiger partial charge in [0.2, 0.25) is 11.8 Å². The van der Waals surface area contributed by atoms with Gasteiger partial charge in [-0.05, 0) is 37.6 Å². The summed E-state index contributed by atoms with van der Waals surface area (Å²) in [6, 6.07) is 7.25. The molecule has 0 aliphatic heterocycles. The number of anilines is 1. The van der Waals surface area contributed by atoms with Gasteiger partial charge in [0.1, 0.15) is 11.5 Å². The number of ether oxygens (including phenoxy) is 1. The molecule has 0 bridgehead atoms. The number of nitrogens with one attached hydrogen (secondary N) is 2. The molecule has 0 unspecified atom stereocenters. The van der Waals surface area contributed by atoms with Gasteiger partial charge in [0.25, 0.3) is 0 Å². The summed E-state index contributed by atoms with van der Waals surface area (Å²) in [5.41, 5.74) is 2.39. The Bertz CT molecular complexity index is 866. The van der Waals surface area contributed by atoms with Gasteiger partial charge in [-0.15, -0.1) is 0 Å². The number of aromatic nitrogens is 3. The summed E-state index contributed by atoms with van der Waals surface area (Å²) in [6.07, 6.45) is 1.82. The van der Waals surface area contributed by atoms with Crippen LogP contribution in [0.2, 0.25) is 0 Å². The van der Waals surface area contributed by atoms with Gasteiger partial charge in [0, 0.05) is 17.8 Å². The number of nitrogens with zero attached hydrogens (tertiary/aromatic N) is 2. The number of hydrogen-bond donors (Lipinski definition) is 2. The standard InChI is InChI=1S/C17H18N4O3/c1-10-4-5-13(24-10)16-11(2)17(21-20-16)19-14(22)8-12-6-7-18-15(9-12)23-3/h4-7,9H,8H2,1-3H3,(H2,19,20,21,22). The van der Waals surface area contributed by atoms with Crippen LogP contribution in [0.25, 0.3) is 11.5 Å². The molecule has 7 nitrogen and oxygen atoms in total. The molecule has 0 fully saturated rings. The van der Waals surface area contributed by atoms with Crippen LogP contribution in [0, 0.1) is 13.8 Å². The van der Waals surface area contributed by atoms with Gasteiger partial charge in [-0.25, -0.2) is 4.98 Å². The molecule has 0 saturated heterocycles. The molecule has 2 N–H and O–H groups in total. The number of aromatic amines is 1.